The maximum absolute atomic E-state index is 12.0. The van der Waals surface area contributed by atoms with E-state index in [-0.39, 0.29) is 29.9 Å². The number of aliphatic imine (C=N–C) groups is 1. The molecule has 2 N–H and O–H groups in total. The molecule has 1 aliphatic rings. The van der Waals surface area contributed by atoms with E-state index < -0.39 is 0 Å². The summed E-state index contributed by atoms with van der Waals surface area (Å²) in [5.41, 5.74) is 3.49. The molecule has 1 saturated heterocycles. The van der Waals surface area contributed by atoms with Crippen molar-refractivity contribution in [2.45, 2.75) is 39.3 Å². The summed E-state index contributed by atoms with van der Waals surface area (Å²) in [6.45, 7) is 5.71. The molecule has 168 valence electrons. The Kier molecular flexibility index (Phi) is 10.6. The SMILES string of the molecule is CCNC(=NCc1ccccc1CN1CCCC1=O)NCCc1ccccc1OC.I. The van der Waals surface area contributed by atoms with Crippen LogP contribution in [0.25, 0.3) is 0 Å². The van der Waals surface area contributed by atoms with E-state index in [0.717, 1.165) is 49.7 Å². The third kappa shape index (κ3) is 7.41. The number of rotatable bonds is 9. The Labute approximate surface area is 202 Å². The Morgan fingerprint density at radius 3 is 2.45 bits per heavy atom. The number of methoxy groups -OCH3 is 1. The molecule has 0 aliphatic carbocycles. The topological polar surface area (TPSA) is 66.0 Å². The van der Waals surface area contributed by atoms with Crippen LogP contribution in [-0.4, -0.2) is 43.5 Å². The first kappa shape index (κ1) is 25.0. The normalized spacial score (nSPS) is 13.7. The van der Waals surface area contributed by atoms with Crippen molar-refractivity contribution >= 4 is 35.8 Å². The van der Waals surface area contributed by atoms with E-state index in [1.54, 1.807) is 7.11 Å². The molecule has 1 heterocycles. The molecule has 7 heteroatoms. The summed E-state index contributed by atoms with van der Waals surface area (Å²) in [7, 11) is 1.70. The van der Waals surface area contributed by atoms with Gasteiger partial charge in [0, 0.05) is 32.6 Å². The standard InChI is InChI=1S/C24H32N4O2.HI/c1-3-25-24(26-15-14-19-9-6-7-12-22(19)30-2)27-17-20-10-4-5-11-21(20)18-28-16-8-13-23(28)29;/h4-7,9-12H,3,8,13-18H2,1-2H3,(H2,25,26,27);1H. The van der Waals surface area contributed by atoms with Crippen molar-refractivity contribution in [2.75, 3.05) is 26.7 Å². The second-order valence-electron chi connectivity index (χ2n) is 7.37. The van der Waals surface area contributed by atoms with E-state index >= 15 is 0 Å². The van der Waals surface area contributed by atoms with Gasteiger partial charge in [-0.15, -0.1) is 24.0 Å². The molecule has 1 fully saturated rings. The summed E-state index contributed by atoms with van der Waals surface area (Å²) in [5, 5.41) is 6.72. The summed E-state index contributed by atoms with van der Waals surface area (Å²) in [6, 6.07) is 16.3. The molecule has 6 nitrogen and oxygen atoms in total. The van der Waals surface area contributed by atoms with Gasteiger partial charge in [-0.05, 0) is 42.5 Å². The molecule has 0 saturated carbocycles. The van der Waals surface area contributed by atoms with Gasteiger partial charge in [0.1, 0.15) is 5.75 Å². The maximum atomic E-state index is 12.0. The van der Waals surface area contributed by atoms with Crippen molar-refractivity contribution in [1.29, 1.82) is 0 Å². The number of benzene rings is 2. The first-order valence-electron chi connectivity index (χ1n) is 10.7. The summed E-state index contributed by atoms with van der Waals surface area (Å²) >= 11 is 0. The van der Waals surface area contributed by atoms with Crippen molar-refractivity contribution in [1.82, 2.24) is 15.5 Å². The minimum absolute atomic E-state index is 0. The number of amides is 1. The highest BCUT2D eigenvalue weighted by Crippen LogP contribution is 2.18. The molecule has 2 aromatic rings. The fraction of sp³-hybridized carbons (Fsp3) is 0.417. The van der Waals surface area contributed by atoms with Gasteiger partial charge in [0.15, 0.2) is 5.96 Å². The number of guanidine groups is 1. The average molecular weight is 536 g/mol. The van der Waals surface area contributed by atoms with Gasteiger partial charge >= 0.3 is 0 Å². The monoisotopic (exact) mass is 536 g/mol. The lowest BCUT2D eigenvalue weighted by atomic mass is 10.1. The number of likely N-dealkylation sites (tertiary alicyclic amines) is 1. The number of carbonyl (C=O) groups is 1. The lowest BCUT2D eigenvalue weighted by Gasteiger charge is -2.18. The van der Waals surface area contributed by atoms with Crippen LogP contribution in [-0.2, 0) is 24.3 Å². The predicted molar refractivity (Wildman–Crippen MR) is 136 cm³/mol. The highest BCUT2D eigenvalue weighted by Gasteiger charge is 2.20. The molecule has 0 radical (unpaired) electrons. The van der Waals surface area contributed by atoms with Crippen LogP contribution in [0.1, 0.15) is 36.5 Å². The Hall–Kier alpha value is -2.29. The van der Waals surface area contributed by atoms with E-state index in [9.17, 15) is 4.79 Å². The molecule has 31 heavy (non-hydrogen) atoms. The summed E-state index contributed by atoms with van der Waals surface area (Å²) in [4.78, 5) is 18.7. The van der Waals surface area contributed by atoms with E-state index in [0.29, 0.717) is 19.5 Å². The van der Waals surface area contributed by atoms with Crippen LogP contribution in [0, 0.1) is 0 Å². The van der Waals surface area contributed by atoms with Crippen LogP contribution in [0.4, 0.5) is 0 Å². The zero-order valence-electron chi connectivity index (χ0n) is 18.4. The van der Waals surface area contributed by atoms with Gasteiger partial charge < -0.3 is 20.3 Å². The molecule has 3 rings (SSSR count). The fourth-order valence-corrected chi connectivity index (χ4v) is 3.67. The Morgan fingerprint density at radius 1 is 1.06 bits per heavy atom. The third-order valence-corrected chi connectivity index (χ3v) is 5.28. The van der Waals surface area contributed by atoms with Crippen LogP contribution in [0.3, 0.4) is 0 Å². The van der Waals surface area contributed by atoms with Crippen molar-refractivity contribution in [3.63, 3.8) is 0 Å². The Balaban J connectivity index is 0.00000341. The third-order valence-electron chi connectivity index (χ3n) is 5.28. The number of nitrogens with zero attached hydrogens (tertiary/aromatic N) is 2. The number of ether oxygens (including phenoxy) is 1. The van der Waals surface area contributed by atoms with Gasteiger partial charge in [0.05, 0.1) is 13.7 Å². The molecular weight excluding hydrogens is 503 g/mol. The van der Waals surface area contributed by atoms with Crippen LogP contribution >= 0.6 is 24.0 Å². The number of hydrogen-bond acceptors (Lipinski definition) is 3. The molecule has 1 aliphatic heterocycles. The maximum Gasteiger partial charge on any atom is 0.222 e. The van der Waals surface area contributed by atoms with Crippen molar-refractivity contribution in [3.8, 4) is 5.75 Å². The molecule has 2 aromatic carbocycles. The van der Waals surface area contributed by atoms with E-state index in [4.69, 9.17) is 9.73 Å². The largest absolute Gasteiger partial charge is 0.496 e. The van der Waals surface area contributed by atoms with Crippen molar-refractivity contribution < 1.29 is 9.53 Å². The predicted octanol–water partition coefficient (Wildman–Crippen LogP) is 3.73. The van der Waals surface area contributed by atoms with Crippen molar-refractivity contribution in [2.24, 2.45) is 4.99 Å². The van der Waals surface area contributed by atoms with Gasteiger partial charge in [-0.1, -0.05) is 42.5 Å². The minimum atomic E-state index is 0. The van der Waals surface area contributed by atoms with Crippen LogP contribution < -0.4 is 15.4 Å². The molecule has 1 amide bonds. The first-order chi connectivity index (χ1) is 14.7. The molecule has 0 aromatic heterocycles. The number of para-hydroxylation sites is 1. The quantitative estimate of drug-likeness (QED) is 0.291. The van der Waals surface area contributed by atoms with Crippen LogP contribution in [0.5, 0.6) is 5.75 Å². The lowest BCUT2D eigenvalue weighted by Crippen LogP contribution is -2.38. The van der Waals surface area contributed by atoms with Gasteiger partial charge in [0.25, 0.3) is 0 Å². The fourth-order valence-electron chi connectivity index (χ4n) is 3.67. The van der Waals surface area contributed by atoms with E-state index in [2.05, 4.69) is 35.8 Å². The minimum Gasteiger partial charge on any atom is -0.496 e. The van der Waals surface area contributed by atoms with E-state index in [1.165, 1.54) is 11.1 Å². The van der Waals surface area contributed by atoms with Gasteiger partial charge in [0.2, 0.25) is 5.91 Å². The summed E-state index contributed by atoms with van der Waals surface area (Å²) < 4.78 is 5.43. The highest BCUT2D eigenvalue weighted by atomic mass is 127. The van der Waals surface area contributed by atoms with Crippen LogP contribution in [0.2, 0.25) is 0 Å². The van der Waals surface area contributed by atoms with Crippen LogP contribution in [0.15, 0.2) is 53.5 Å². The second kappa shape index (κ2) is 13.2. The second-order valence-corrected chi connectivity index (χ2v) is 7.37. The summed E-state index contributed by atoms with van der Waals surface area (Å²) in [6.07, 6.45) is 2.48. The number of nitrogens with one attached hydrogen (secondary N) is 2. The number of hydrogen-bond donors (Lipinski definition) is 2. The van der Waals surface area contributed by atoms with Gasteiger partial charge in [-0.2, -0.15) is 0 Å². The van der Waals surface area contributed by atoms with E-state index in [1.807, 2.05) is 35.2 Å². The molecule has 0 atom stereocenters. The van der Waals surface area contributed by atoms with Gasteiger partial charge in [-0.3, -0.25) is 4.79 Å². The smallest absolute Gasteiger partial charge is 0.222 e. The number of halogens is 1. The number of carbonyl (C=O) groups excluding carboxylic acids is 1. The molecule has 0 bridgehead atoms. The Bertz CT molecular complexity index is 872. The lowest BCUT2D eigenvalue weighted by molar-refractivity contribution is -0.128. The van der Waals surface area contributed by atoms with Gasteiger partial charge in [-0.25, -0.2) is 4.99 Å². The Morgan fingerprint density at radius 2 is 1.77 bits per heavy atom. The zero-order valence-corrected chi connectivity index (χ0v) is 20.7. The van der Waals surface area contributed by atoms with Crippen molar-refractivity contribution in [3.05, 3.63) is 65.2 Å². The summed E-state index contributed by atoms with van der Waals surface area (Å²) in [5.74, 6) is 1.95. The average Bonchev–Trinajstić information content (AvgIpc) is 3.17. The first-order valence-corrected chi connectivity index (χ1v) is 10.7. The highest BCUT2D eigenvalue weighted by molar-refractivity contribution is 14.0. The molecular formula is C24H33IN4O2. The molecule has 0 spiro atoms. The zero-order chi connectivity index (χ0) is 21.2. The molecule has 0 unspecified atom stereocenters.